The topological polar surface area (TPSA) is 118 Å². The minimum Gasteiger partial charge on any atom is -0.463 e. The van der Waals surface area contributed by atoms with Gasteiger partial charge in [0.05, 0.1) is 45.2 Å². The number of carbonyl (C=O) groups is 2. The first-order valence-electron chi connectivity index (χ1n) is 8.56. The van der Waals surface area contributed by atoms with E-state index in [0.717, 1.165) is 0 Å². The lowest BCUT2D eigenvalue weighted by atomic mass is 10.0. The second-order valence-corrected chi connectivity index (χ2v) is 5.70. The van der Waals surface area contributed by atoms with E-state index in [9.17, 15) is 9.59 Å². The van der Waals surface area contributed by atoms with Crippen LogP contribution >= 0.6 is 0 Å². The van der Waals surface area contributed by atoms with Crippen molar-refractivity contribution in [3.63, 3.8) is 0 Å². The van der Waals surface area contributed by atoms with E-state index in [0.29, 0.717) is 52.4 Å². The van der Waals surface area contributed by atoms with Crippen LogP contribution in [0.4, 0.5) is 0 Å². The van der Waals surface area contributed by atoms with Gasteiger partial charge in [0.2, 0.25) is 5.91 Å². The summed E-state index contributed by atoms with van der Waals surface area (Å²) >= 11 is 0. The number of nitrogens with one attached hydrogen (secondary N) is 1. The molecule has 1 rings (SSSR count). The number of hydrogen-bond acceptors (Lipinski definition) is 8. The molecule has 1 heterocycles. The number of carbonyl (C=O) groups excluding carboxylic acids is 2. The summed E-state index contributed by atoms with van der Waals surface area (Å²) in [5, 5.41) is 2.82. The molecule has 0 aliphatic carbocycles. The molecule has 1 aliphatic rings. The molecule has 3 N–H and O–H groups in total. The Morgan fingerprint density at radius 1 is 1.08 bits per heavy atom. The van der Waals surface area contributed by atoms with Crippen molar-refractivity contribution in [3.05, 3.63) is 0 Å². The van der Waals surface area contributed by atoms with Crippen molar-refractivity contribution in [2.75, 3.05) is 46.2 Å². The van der Waals surface area contributed by atoms with E-state index in [2.05, 4.69) is 5.32 Å². The molecular weight excluding hydrogens is 332 g/mol. The Morgan fingerprint density at radius 2 is 1.76 bits per heavy atom. The highest BCUT2D eigenvalue weighted by molar-refractivity contribution is 5.73. The van der Waals surface area contributed by atoms with Crippen molar-refractivity contribution in [2.45, 2.75) is 45.1 Å². The molecule has 25 heavy (non-hydrogen) atoms. The van der Waals surface area contributed by atoms with E-state index in [1.807, 2.05) is 0 Å². The van der Waals surface area contributed by atoms with Crippen LogP contribution in [0.1, 0.15) is 26.7 Å². The third kappa shape index (κ3) is 10.4. The van der Waals surface area contributed by atoms with E-state index < -0.39 is 6.29 Å². The first-order valence-corrected chi connectivity index (χ1v) is 8.56. The minimum atomic E-state index is -0.602. The van der Waals surface area contributed by atoms with Crippen LogP contribution in [0.25, 0.3) is 0 Å². The van der Waals surface area contributed by atoms with E-state index >= 15 is 0 Å². The lowest BCUT2D eigenvalue weighted by Crippen LogP contribution is -2.51. The summed E-state index contributed by atoms with van der Waals surface area (Å²) in [5.74, 6) is -0.496. The van der Waals surface area contributed by atoms with Crippen LogP contribution in [0.5, 0.6) is 0 Å². The van der Waals surface area contributed by atoms with Gasteiger partial charge in [0.1, 0.15) is 6.61 Å². The Kier molecular flexibility index (Phi) is 11.3. The Labute approximate surface area is 148 Å². The monoisotopic (exact) mass is 362 g/mol. The van der Waals surface area contributed by atoms with Gasteiger partial charge in [-0.3, -0.25) is 9.59 Å². The molecule has 0 aromatic rings. The van der Waals surface area contributed by atoms with Crippen molar-refractivity contribution in [1.29, 1.82) is 0 Å². The Balaban J connectivity index is 2.30. The Hall–Kier alpha value is -1.26. The van der Waals surface area contributed by atoms with Crippen molar-refractivity contribution in [3.8, 4) is 0 Å². The molecule has 0 aromatic carbocycles. The second-order valence-electron chi connectivity index (χ2n) is 5.70. The largest absolute Gasteiger partial charge is 0.463 e. The van der Waals surface area contributed by atoms with Crippen molar-refractivity contribution in [2.24, 2.45) is 5.73 Å². The summed E-state index contributed by atoms with van der Waals surface area (Å²) in [7, 11) is 0. The highest BCUT2D eigenvalue weighted by Gasteiger charge is 2.33. The van der Waals surface area contributed by atoms with E-state index in [1.165, 1.54) is 13.8 Å². The average molecular weight is 362 g/mol. The number of esters is 1. The number of hydrogen-bond donors (Lipinski definition) is 2. The maximum absolute atomic E-state index is 11.3. The van der Waals surface area contributed by atoms with E-state index in [-0.39, 0.29) is 30.6 Å². The molecule has 1 saturated heterocycles. The lowest BCUT2D eigenvalue weighted by molar-refractivity contribution is -0.221. The minimum absolute atomic E-state index is 0.145. The second kappa shape index (κ2) is 13.0. The fraction of sp³-hybridized carbons (Fsp3) is 0.875. The van der Waals surface area contributed by atoms with E-state index in [1.54, 1.807) is 0 Å². The molecular formula is C16H30N2O7. The number of rotatable bonds is 12. The number of ether oxygens (including phenoxy) is 5. The normalized spacial score (nSPS) is 23.2. The van der Waals surface area contributed by atoms with Gasteiger partial charge in [0.15, 0.2) is 6.29 Å². The molecule has 0 aromatic heterocycles. The number of nitrogens with two attached hydrogens (primary N) is 1. The van der Waals surface area contributed by atoms with Gasteiger partial charge in [-0.25, -0.2) is 0 Å². The lowest BCUT2D eigenvalue weighted by Gasteiger charge is -2.36. The molecule has 0 radical (unpaired) electrons. The van der Waals surface area contributed by atoms with Gasteiger partial charge in [-0.2, -0.15) is 0 Å². The van der Waals surface area contributed by atoms with Gasteiger partial charge >= 0.3 is 5.97 Å². The first-order chi connectivity index (χ1) is 12.0. The van der Waals surface area contributed by atoms with Crippen LogP contribution in [0.15, 0.2) is 0 Å². The van der Waals surface area contributed by atoms with Gasteiger partial charge in [-0.1, -0.05) is 0 Å². The fourth-order valence-electron chi connectivity index (χ4n) is 2.37. The molecule has 146 valence electrons. The standard InChI is InChI=1S/C16H30N2O7/c1-12(19)18-15-4-3-14(11-24-13(2)20)25-16(15)23-10-9-22-8-7-21-6-5-17/h14-16H,3-11,17H2,1-2H3,(H,18,19)/t14-,15-,16-/m1/s1. The highest BCUT2D eigenvalue weighted by atomic mass is 16.7. The Morgan fingerprint density at radius 3 is 2.40 bits per heavy atom. The molecule has 1 aliphatic heterocycles. The van der Waals surface area contributed by atoms with Gasteiger partial charge < -0.3 is 34.7 Å². The molecule has 9 nitrogen and oxygen atoms in total. The summed E-state index contributed by atoms with van der Waals surface area (Å²) in [6.07, 6.45) is 0.511. The van der Waals surface area contributed by atoms with Crippen LogP contribution < -0.4 is 11.1 Å². The van der Waals surface area contributed by atoms with Crippen LogP contribution in [0, 0.1) is 0 Å². The molecule has 9 heteroatoms. The van der Waals surface area contributed by atoms with Crippen LogP contribution in [-0.4, -0.2) is 76.5 Å². The third-order valence-corrected chi connectivity index (χ3v) is 3.46. The summed E-state index contributed by atoms with van der Waals surface area (Å²) < 4.78 is 27.1. The van der Waals surface area contributed by atoms with Gasteiger partial charge in [0, 0.05) is 20.4 Å². The van der Waals surface area contributed by atoms with Gasteiger partial charge in [0.25, 0.3) is 0 Å². The van der Waals surface area contributed by atoms with Crippen LogP contribution in [-0.2, 0) is 33.3 Å². The van der Waals surface area contributed by atoms with Crippen molar-refractivity contribution < 1.29 is 33.3 Å². The number of amides is 1. The molecule has 0 spiro atoms. The molecule has 0 unspecified atom stereocenters. The van der Waals surface area contributed by atoms with E-state index in [4.69, 9.17) is 29.4 Å². The zero-order valence-electron chi connectivity index (χ0n) is 15.0. The zero-order chi connectivity index (χ0) is 18.5. The predicted octanol–water partition coefficient (Wildman–Crippen LogP) is -0.432. The smallest absolute Gasteiger partial charge is 0.302 e. The maximum atomic E-state index is 11.3. The van der Waals surface area contributed by atoms with Gasteiger partial charge in [-0.05, 0) is 12.8 Å². The van der Waals surface area contributed by atoms with Gasteiger partial charge in [-0.15, -0.1) is 0 Å². The molecule has 1 amide bonds. The van der Waals surface area contributed by atoms with Crippen molar-refractivity contribution in [1.82, 2.24) is 5.32 Å². The highest BCUT2D eigenvalue weighted by Crippen LogP contribution is 2.21. The molecule has 0 saturated carbocycles. The van der Waals surface area contributed by atoms with Crippen LogP contribution in [0.3, 0.4) is 0 Å². The maximum Gasteiger partial charge on any atom is 0.302 e. The first kappa shape index (κ1) is 21.8. The average Bonchev–Trinajstić information content (AvgIpc) is 2.56. The summed E-state index contributed by atoms with van der Waals surface area (Å²) in [6.45, 7) is 5.62. The fourth-order valence-corrected chi connectivity index (χ4v) is 2.37. The summed E-state index contributed by atoms with van der Waals surface area (Å²) in [6, 6.07) is -0.237. The summed E-state index contributed by atoms with van der Waals surface area (Å²) in [4.78, 5) is 22.2. The SMILES string of the molecule is CC(=O)N[C@@H]1CC[C@H](COC(C)=O)O[C@H]1OCCOCCOCCN. The molecule has 3 atom stereocenters. The Bertz CT molecular complexity index is 395. The third-order valence-electron chi connectivity index (χ3n) is 3.46. The summed E-state index contributed by atoms with van der Waals surface area (Å²) in [5.41, 5.74) is 5.31. The quantitative estimate of drug-likeness (QED) is 0.355. The molecule has 1 fully saturated rings. The predicted molar refractivity (Wildman–Crippen MR) is 88.8 cm³/mol. The molecule has 0 bridgehead atoms. The van der Waals surface area contributed by atoms with Crippen molar-refractivity contribution >= 4 is 11.9 Å². The zero-order valence-corrected chi connectivity index (χ0v) is 15.0. The van der Waals surface area contributed by atoms with Crippen LogP contribution in [0.2, 0.25) is 0 Å².